The van der Waals surface area contributed by atoms with E-state index in [0.717, 1.165) is 24.8 Å². The first kappa shape index (κ1) is 29.5. The SMILES string of the molecule is COC(=O)Cc1ccc2c(c1)NCCCCC[C@H](NC(=O)/C=C/c1cc(Cl)ccc1-n1cnnn1)c1nc-2c(C(=O)O)[nH]1. The van der Waals surface area contributed by atoms with Crippen LogP contribution in [0.5, 0.6) is 0 Å². The number of amides is 1. The zero-order valence-electron chi connectivity index (χ0n) is 23.2. The predicted octanol–water partition coefficient (Wildman–Crippen LogP) is 3.98. The number of carbonyl (C=O) groups excluding carboxylic acids is 2. The average molecular weight is 605 g/mol. The second kappa shape index (κ2) is 13.3. The fraction of sp³-hybridized carbons (Fsp3) is 0.276. The molecule has 0 radical (unpaired) electrons. The summed E-state index contributed by atoms with van der Waals surface area (Å²) in [6.07, 6.45) is 7.53. The summed E-state index contributed by atoms with van der Waals surface area (Å²) in [6, 6.07) is 9.85. The van der Waals surface area contributed by atoms with Crippen LogP contribution in [0.1, 0.15) is 59.2 Å². The van der Waals surface area contributed by atoms with Gasteiger partial charge in [-0.25, -0.2) is 9.78 Å². The molecule has 0 aliphatic carbocycles. The van der Waals surface area contributed by atoms with Gasteiger partial charge in [-0.2, -0.15) is 4.68 Å². The van der Waals surface area contributed by atoms with Crippen molar-refractivity contribution in [1.29, 1.82) is 0 Å². The molecule has 0 saturated heterocycles. The Bertz CT molecular complexity index is 1670. The van der Waals surface area contributed by atoms with E-state index >= 15 is 0 Å². The third kappa shape index (κ3) is 7.07. The number of carboxylic acid groups (broad SMARTS) is 1. The van der Waals surface area contributed by atoms with E-state index in [1.807, 2.05) is 6.07 Å². The lowest BCUT2D eigenvalue weighted by Gasteiger charge is -2.17. The molecule has 3 heterocycles. The van der Waals surface area contributed by atoms with Gasteiger partial charge in [0.2, 0.25) is 5.91 Å². The highest BCUT2D eigenvalue weighted by atomic mass is 35.5. The van der Waals surface area contributed by atoms with Gasteiger partial charge in [-0.15, -0.1) is 5.10 Å². The lowest BCUT2D eigenvalue weighted by atomic mass is 10.0. The Hall–Kier alpha value is -5.04. The molecule has 13 nitrogen and oxygen atoms in total. The third-order valence-electron chi connectivity index (χ3n) is 6.98. The number of H-pyrrole nitrogens is 1. The number of rotatable bonds is 7. The van der Waals surface area contributed by atoms with Crippen molar-refractivity contribution in [1.82, 2.24) is 35.5 Å². The quantitative estimate of drug-likeness (QED) is 0.178. The van der Waals surface area contributed by atoms with E-state index in [1.165, 1.54) is 24.2 Å². The number of anilines is 1. The fourth-order valence-electron chi connectivity index (χ4n) is 4.87. The molecule has 1 atom stereocenters. The number of aromatic carboxylic acids is 1. The van der Waals surface area contributed by atoms with Crippen molar-refractivity contribution in [2.24, 2.45) is 0 Å². The van der Waals surface area contributed by atoms with Crippen LogP contribution in [-0.4, -0.2) is 66.8 Å². The summed E-state index contributed by atoms with van der Waals surface area (Å²) in [5, 5.41) is 28.1. The summed E-state index contributed by atoms with van der Waals surface area (Å²) >= 11 is 6.19. The molecule has 1 aliphatic heterocycles. The lowest BCUT2D eigenvalue weighted by molar-refractivity contribution is -0.139. The Morgan fingerprint density at radius 3 is 2.81 bits per heavy atom. The van der Waals surface area contributed by atoms with E-state index in [-0.39, 0.29) is 23.8 Å². The number of ether oxygens (including phenoxy) is 1. The maximum Gasteiger partial charge on any atom is 0.354 e. The van der Waals surface area contributed by atoms with E-state index in [9.17, 15) is 19.5 Å². The summed E-state index contributed by atoms with van der Waals surface area (Å²) in [4.78, 5) is 44.9. The van der Waals surface area contributed by atoms with E-state index in [4.69, 9.17) is 16.3 Å². The Labute approximate surface area is 251 Å². The number of tetrazole rings is 1. The summed E-state index contributed by atoms with van der Waals surface area (Å²) in [5.74, 6) is -1.63. The van der Waals surface area contributed by atoms with Gasteiger partial charge in [-0.3, -0.25) is 9.59 Å². The Kier molecular flexibility index (Phi) is 9.11. The maximum atomic E-state index is 13.1. The topological polar surface area (TPSA) is 177 Å². The lowest BCUT2D eigenvalue weighted by Crippen LogP contribution is -2.28. The van der Waals surface area contributed by atoms with E-state index < -0.39 is 17.9 Å². The zero-order valence-corrected chi connectivity index (χ0v) is 24.0. The molecular weight excluding hydrogens is 576 g/mol. The van der Waals surface area contributed by atoms with Gasteiger partial charge in [0, 0.05) is 34.5 Å². The Morgan fingerprint density at radius 1 is 1.19 bits per heavy atom. The molecule has 0 fully saturated rings. The van der Waals surface area contributed by atoms with E-state index in [2.05, 4.69) is 36.1 Å². The number of methoxy groups -OCH3 is 1. The number of nitrogens with zero attached hydrogens (tertiary/aromatic N) is 5. The highest BCUT2D eigenvalue weighted by Gasteiger charge is 2.26. The number of aromatic nitrogens is 6. The van der Waals surface area contributed by atoms with Gasteiger partial charge in [0.15, 0.2) is 5.69 Å². The van der Waals surface area contributed by atoms with Gasteiger partial charge in [0.1, 0.15) is 17.8 Å². The maximum absolute atomic E-state index is 13.1. The number of imidazole rings is 1. The molecule has 0 saturated carbocycles. The van der Waals surface area contributed by atoms with Crippen LogP contribution in [0.2, 0.25) is 5.02 Å². The molecule has 5 rings (SSSR count). The van der Waals surface area contributed by atoms with Crippen molar-refractivity contribution >= 4 is 41.2 Å². The van der Waals surface area contributed by atoms with Crippen LogP contribution in [0.3, 0.4) is 0 Å². The van der Waals surface area contributed by atoms with Crippen molar-refractivity contribution in [3.8, 4) is 16.9 Å². The van der Waals surface area contributed by atoms with Gasteiger partial charge in [-0.1, -0.05) is 36.6 Å². The molecule has 2 bridgehead atoms. The number of esters is 1. The number of carbonyl (C=O) groups is 3. The van der Waals surface area contributed by atoms with E-state index in [1.54, 1.807) is 36.4 Å². The Morgan fingerprint density at radius 2 is 2.05 bits per heavy atom. The molecule has 2 aromatic carbocycles. The minimum Gasteiger partial charge on any atom is -0.477 e. The summed E-state index contributed by atoms with van der Waals surface area (Å²) < 4.78 is 6.25. The van der Waals surface area contributed by atoms with Gasteiger partial charge >= 0.3 is 11.9 Å². The normalized spacial score (nSPS) is 15.1. The van der Waals surface area contributed by atoms with Crippen LogP contribution in [-0.2, 0) is 20.7 Å². The van der Waals surface area contributed by atoms with Crippen LogP contribution in [0.25, 0.3) is 23.0 Å². The number of benzene rings is 2. The van der Waals surface area contributed by atoms with Crippen LogP contribution < -0.4 is 10.6 Å². The number of halogens is 1. The number of nitrogens with one attached hydrogen (secondary N) is 3. The molecule has 222 valence electrons. The molecule has 4 N–H and O–H groups in total. The van der Waals surface area contributed by atoms with Crippen molar-refractivity contribution in [3.05, 3.63) is 76.5 Å². The first-order valence-electron chi connectivity index (χ1n) is 13.6. The van der Waals surface area contributed by atoms with Crippen molar-refractivity contribution in [2.75, 3.05) is 19.0 Å². The van der Waals surface area contributed by atoms with Crippen molar-refractivity contribution in [3.63, 3.8) is 0 Å². The van der Waals surface area contributed by atoms with Gasteiger partial charge in [-0.05, 0) is 59.2 Å². The Balaban J connectivity index is 1.45. The largest absolute Gasteiger partial charge is 0.477 e. The van der Waals surface area contributed by atoms with Crippen LogP contribution >= 0.6 is 11.6 Å². The minimum absolute atomic E-state index is 0.0804. The predicted molar refractivity (Wildman–Crippen MR) is 158 cm³/mol. The van der Waals surface area contributed by atoms with Gasteiger partial charge in [0.25, 0.3) is 0 Å². The summed E-state index contributed by atoms with van der Waals surface area (Å²) in [7, 11) is 1.33. The standard InChI is InChI=1S/C29H29ClN8O5/c1-43-25(40)14-17-6-9-20-22(13-17)31-12-4-2-3-5-21(28-34-26(20)27(35-28)29(41)42)33-24(39)11-7-18-15-19(30)8-10-23(18)38-16-32-36-37-38/h6-11,13,15-16,21,31H,2-5,12,14H2,1H3,(H,33,39)(H,34,35)(H,41,42)/b11-7+/t21-/m0/s1. The number of hydrogen-bond acceptors (Lipinski definition) is 9. The average Bonchev–Trinajstić information content (AvgIpc) is 3.68. The highest BCUT2D eigenvalue weighted by Crippen LogP contribution is 2.33. The van der Waals surface area contributed by atoms with Gasteiger partial charge < -0.3 is 25.5 Å². The van der Waals surface area contributed by atoms with Crippen molar-refractivity contribution < 1.29 is 24.2 Å². The van der Waals surface area contributed by atoms with Crippen molar-refractivity contribution in [2.45, 2.75) is 38.1 Å². The smallest absolute Gasteiger partial charge is 0.354 e. The fourth-order valence-corrected chi connectivity index (χ4v) is 5.05. The highest BCUT2D eigenvalue weighted by molar-refractivity contribution is 6.30. The van der Waals surface area contributed by atoms with Crippen LogP contribution in [0.15, 0.2) is 48.8 Å². The number of carboxylic acids is 1. The molecular formula is C29H29ClN8O5. The molecule has 0 unspecified atom stereocenters. The molecule has 14 heteroatoms. The molecule has 2 aromatic heterocycles. The zero-order chi connectivity index (χ0) is 30.3. The van der Waals surface area contributed by atoms with Gasteiger partial charge in [0.05, 0.1) is 25.3 Å². The monoisotopic (exact) mass is 604 g/mol. The van der Waals surface area contributed by atoms with E-state index in [0.29, 0.717) is 46.3 Å². The molecule has 43 heavy (non-hydrogen) atoms. The first-order chi connectivity index (χ1) is 20.8. The third-order valence-corrected chi connectivity index (χ3v) is 7.22. The molecule has 4 aromatic rings. The second-order valence-electron chi connectivity index (χ2n) is 9.91. The van der Waals surface area contributed by atoms with Crippen LogP contribution in [0.4, 0.5) is 5.69 Å². The number of aromatic amines is 1. The summed E-state index contributed by atoms with van der Waals surface area (Å²) in [6.45, 7) is 0.636. The second-order valence-corrected chi connectivity index (χ2v) is 10.3. The molecule has 1 amide bonds. The number of hydrogen-bond donors (Lipinski definition) is 4. The number of fused-ring (bicyclic) bond motifs is 4. The molecule has 0 spiro atoms. The first-order valence-corrected chi connectivity index (χ1v) is 14.0. The molecule has 1 aliphatic rings. The summed E-state index contributed by atoms with van der Waals surface area (Å²) in [5.41, 5.74) is 3.33. The minimum atomic E-state index is -1.19. The van der Waals surface area contributed by atoms with Crippen LogP contribution in [0, 0.1) is 0 Å².